The van der Waals surface area contributed by atoms with Gasteiger partial charge in [0.15, 0.2) is 0 Å². The Kier molecular flexibility index (Phi) is 7.09. The van der Waals surface area contributed by atoms with E-state index >= 15 is 0 Å². The van der Waals surface area contributed by atoms with E-state index in [1.54, 1.807) is 7.11 Å². The Morgan fingerprint density at radius 3 is 2.29 bits per heavy atom. The van der Waals surface area contributed by atoms with Gasteiger partial charge in [-0.25, -0.2) is 0 Å². The average Bonchev–Trinajstić information content (AvgIpc) is 2.28. The molecule has 0 saturated heterocycles. The molecule has 3 nitrogen and oxygen atoms in total. The van der Waals surface area contributed by atoms with E-state index in [-0.39, 0.29) is 6.10 Å². The fourth-order valence-corrected chi connectivity index (χ4v) is 2.75. The molecule has 1 aliphatic rings. The molecule has 3 heteroatoms. The zero-order chi connectivity index (χ0) is 12.7. The van der Waals surface area contributed by atoms with Crippen molar-refractivity contribution < 1.29 is 9.47 Å². The van der Waals surface area contributed by atoms with E-state index in [1.165, 1.54) is 25.7 Å². The zero-order valence-corrected chi connectivity index (χ0v) is 11.9. The van der Waals surface area contributed by atoms with Gasteiger partial charge < -0.3 is 14.8 Å². The molecule has 0 heterocycles. The van der Waals surface area contributed by atoms with Gasteiger partial charge in [-0.1, -0.05) is 26.7 Å². The summed E-state index contributed by atoms with van der Waals surface area (Å²) in [6.45, 7) is 7.33. The van der Waals surface area contributed by atoms with Crippen molar-refractivity contribution in [2.45, 2.75) is 77.2 Å². The van der Waals surface area contributed by atoms with E-state index in [1.807, 2.05) is 6.92 Å². The number of hydrogen-bond donors (Lipinski definition) is 1. The van der Waals surface area contributed by atoms with Crippen molar-refractivity contribution in [2.75, 3.05) is 13.7 Å². The van der Waals surface area contributed by atoms with Crippen LogP contribution in [0.5, 0.6) is 0 Å². The number of rotatable bonds is 9. The van der Waals surface area contributed by atoms with Crippen LogP contribution in [0.4, 0.5) is 0 Å². The third kappa shape index (κ3) is 4.23. The quantitative estimate of drug-likeness (QED) is 0.675. The van der Waals surface area contributed by atoms with Gasteiger partial charge in [-0.2, -0.15) is 0 Å². The highest BCUT2D eigenvalue weighted by molar-refractivity contribution is 4.98. The molecular formula is C14H29NO2. The van der Waals surface area contributed by atoms with Crippen molar-refractivity contribution in [1.29, 1.82) is 0 Å². The molecule has 0 aliphatic heterocycles. The molecule has 0 aromatic heterocycles. The van der Waals surface area contributed by atoms with Crippen molar-refractivity contribution in [3.05, 3.63) is 0 Å². The lowest BCUT2D eigenvalue weighted by molar-refractivity contribution is -0.133. The summed E-state index contributed by atoms with van der Waals surface area (Å²) in [7, 11) is 1.79. The molecule has 17 heavy (non-hydrogen) atoms. The third-order valence-corrected chi connectivity index (χ3v) is 3.63. The molecule has 1 N–H and O–H groups in total. The minimum atomic E-state index is 0.242. The van der Waals surface area contributed by atoms with Crippen LogP contribution in [0.1, 0.15) is 52.9 Å². The van der Waals surface area contributed by atoms with Gasteiger partial charge in [-0.15, -0.1) is 0 Å². The van der Waals surface area contributed by atoms with Crippen molar-refractivity contribution in [1.82, 2.24) is 5.32 Å². The molecule has 0 unspecified atom stereocenters. The predicted molar refractivity (Wildman–Crippen MR) is 71.4 cm³/mol. The monoisotopic (exact) mass is 243 g/mol. The van der Waals surface area contributed by atoms with Crippen molar-refractivity contribution >= 4 is 0 Å². The summed E-state index contributed by atoms with van der Waals surface area (Å²) in [5.41, 5.74) is 0. The van der Waals surface area contributed by atoms with E-state index in [9.17, 15) is 0 Å². The van der Waals surface area contributed by atoms with Crippen LogP contribution in [0.25, 0.3) is 0 Å². The fraction of sp³-hybridized carbons (Fsp3) is 1.00. The molecule has 102 valence electrons. The number of ether oxygens (including phenoxy) is 2. The second kappa shape index (κ2) is 8.06. The van der Waals surface area contributed by atoms with Crippen molar-refractivity contribution in [3.63, 3.8) is 0 Å². The SMILES string of the molecule is CCCC(CCC)N[C@@H]1C[C@@H](OCC)[C@@H]1OC. The fourth-order valence-electron chi connectivity index (χ4n) is 2.75. The molecule has 1 rings (SSSR count). The first kappa shape index (κ1) is 14.9. The van der Waals surface area contributed by atoms with Crippen LogP contribution in [0.2, 0.25) is 0 Å². The van der Waals surface area contributed by atoms with Crippen LogP contribution in [-0.2, 0) is 9.47 Å². The van der Waals surface area contributed by atoms with E-state index in [4.69, 9.17) is 9.47 Å². The van der Waals surface area contributed by atoms with Gasteiger partial charge >= 0.3 is 0 Å². The standard InChI is InChI=1S/C14H29NO2/c1-5-8-11(9-6-2)15-12-10-13(17-7-3)14(12)16-4/h11-15H,5-10H2,1-4H3/t12-,13-,14-/m1/s1. The van der Waals surface area contributed by atoms with Crippen molar-refractivity contribution in [2.24, 2.45) is 0 Å². The summed E-state index contributed by atoms with van der Waals surface area (Å²) in [4.78, 5) is 0. The molecule has 0 aromatic rings. The molecule has 1 fully saturated rings. The largest absolute Gasteiger partial charge is 0.377 e. The highest BCUT2D eigenvalue weighted by Gasteiger charge is 2.42. The van der Waals surface area contributed by atoms with Crippen LogP contribution in [-0.4, -0.2) is 38.0 Å². The average molecular weight is 243 g/mol. The first-order valence-electron chi connectivity index (χ1n) is 7.17. The Bertz CT molecular complexity index is 193. The second-order valence-corrected chi connectivity index (χ2v) is 4.98. The maximum atomic E-state index is 5.65. The highest BCUT2D eigenvalue weighted by atomic mass is 16.5. The first-order chi connectivity index (χ1) is 8.26. The molecule has 0 spiro atoms. The molecule has 1 aliphatic carbocycles. The zero-order valence-electron chi connectivity index (χ0n) is 11.9. The van der Waals surface area contributed by atoms with Crippen LogP contribution >= 0.6 is 0 Å². The summed E-state index contributed by atoms with van der Waals surface area (Å²) in [6.07, 6.45) is 6.65. The summed E-state index contributed by atoms with van der Waals surface area (Å²) in [5.74, 6) is 0. The molecule has 0 bridgehead atoms. The summed E-state index contributed by atoms with van der Waals surface area (Å²) in [5, 5.41) is 3.74. The number of methoxy groups -OCH3 is 1. The van der Waals surface area contributed by atoms with Crippen molar-refractivity contribution in [3.8, 4) is 0 Å². The summed E-state index contributed by atoms with van der Waals surface area (Å²) >= 11 is 0. The molecule has 1 saturated carbocycles. The molecule has 3 atom stereocenters. The highest BCUT2D eigenvalue weighted by Crippen LogP contribution is 2.28. The van der Waals surface area contributed by atoms with Gasteiger partial charge in [0, 0.05) is 25.8 Å². The smallest absolute Gasteiger partial charge is 0.0986 e. The van der Waals surface area contributed by atoms with Gasteiger partial charge in [0.25, 0.3) is 0 Å². The van der Waals surface area contributed by atoms with E-state index in [0.29, 0.717) is 18.2 Å². The summed E-state index contributed by atoms with van der Waals surface area (Å²) < 4.78 is 11.2. The second-order valence-electron chi connectivity index (χ2n) is 4.98. The Balaban J connectivity index is 2.35. The van der Waals surface area contributed by atoms with Crippen LogP contribution in [0.3, 0.4) is 0 Å². The minimum Gasteiger partial charge on any atom is -0.377 e. The van der Waals surface area contributed by atoms with Crippen LogP contribution < -0.4 is 5.32 Å². The van der Waals surface area contributed by atoms with Gasteiger partial charge in [0.05, 0.1) is 12.2 Å². The molecule has 0 aromatic carbocycles. The van der Waals surface area contributed by atoms with Crippen LogP contribution in [0.15, 0.2) is 0 Å². The lowest BCUT2D eigenvalue weighted by atomic mass is 9.84. The van der Waals surface area contributed by atoms with E-state index in [2.05, 4.69) is 19.2 Å². The van der Waals surface area contributed by atoms with E-state index < -0.39 is 0 Å². The predicted octanol–water partition coefficient (Wildman–Crippen LogP) is 2.74. The van der Waals surface area contributed by atoms with Crippen LogP contribution in [0, 0.1) is 0 Å². The Morgan fingerprint density at radius 1 is 1.18 bits per heavy atom. The number of nitrogens with one attached hydrogen (secondary N) is 1. The lowest BCUT2D eigenvalue weighted by Crippen LogP contribution is -2.61. The normalized spacial score (nSPS) is 28.4. The van der Waals surface area contributed by atoms with Gasteiger partial charge in [0.2, 0.25) is 0 Å². The summed E-state index contributed by atoms with van der Waals surface area (Å²) in [6, 6.07) is 1.13. The Morgan fingerprint density at radius 2 is 1.82 bits per heavy atom. The van der Waals surface area contributed by atoms with E-state index in [0.717, 1.165) is 13.0 Å². The lowest BCUT2D eigenvalue weighted by Gasteiger charge is -2.45. The Labute approximate surface area is 106 Å². The maximum absolute atomic E-state index is 5.65. The first-order valence-corrected chi connectivity index (χ1v) is 7.17. The van der Waals surface area contributed by atoms with Gasteiger partial charge in [0.1, 0.15) is 0 Å². The van der Waals surface area contributed by atoms with Gasteiger partial charge in [-0.3, -0.25) is 0 Å². The molecule has 0 radical (unpaired) electrons. The minimum absolute atomic E-state index is 0.242. The Hall–Kier alpha value is -0.120. The van der Waals surface area contributed by atoms with Gasteiger partial charge in [-0.05, 0) is 26.2 Å². The molecule has 0 amide bonds. The third-order valence-electron chi connectivity index (χ3n) is 3.63. The molecular weight excluding hydrogens is 214 g/mol. The number of hydrogen-bond acceptors (Lipinski definition) is 3. The topological polar surface area (TPSA) is 30.5 Å². The maximum Gasteiger partial charge on any atom is 0.0986 e.